The maximum absolute atomic E-state index is 15.5. The first kappa shape index (κ1) is 21.9. The van der Waals surface area contributed by atoms with Gasteiger partial charge in [0.1, 0.15) is 11.9 Å². The van der Waals surface area contributed by atoms with Gasteiger partial charge in [-0.1, -0.05) is 25.8 Å². The molecule has 1 saturated carbocycles. The SMILES string of the molecule is CC[C@H](C)N[C@H]1CCCC[C@@H]1Cc1ccc2c(c1F)CN(C1CCC(=O)NC1=O)C2=O. The summed E-state index contributed by atoms with van der Waals surface area (Å²) in [6.45, 7) is 4.44. The van der Waals surface area contributed by atoms with Gasteiger partial charge in [-0.15, -0.1) is 0 Å². The van der Waals surface area contributed by atoms with Gasteiger partial charge in [-0.2, -0.15) is 0 Å². The van der Waals surface area contributed by atoms with Crippen LogP contribution in [0.4, 0.5) is 4.39 Å². The second kappa shape index (κ2) is 9.07. The summed E-state index contributed by atoms with van der Waals surface area (Å²) in [4.78, 5) is 37.9. The number of hydrogen-bond acceptors (Lipinski definition) is 4. The van der Waals surface area contributed by atoms with E-state index in [1.165, 1.54) is 11.3 Å². The van der Waals surface area contributed by atoms with Crippen LogP contribution < -0.4 is 10.6 Å². The lowest BCUT2D eigenvalue weighted by Gasteiger charge is -2.34. The Morgan fingerprint density at radius 1 is 1.19 bits per heavy atom. The number of carbonyl (C=O) groups is 3. The fourth-order valence-electron chi connectivity index (χ4n) is 5.25. The van der Waals surface area contributed by atoms with Gasteiger partial charge in [0.15, 0.2) is 0 Å². The standard InChI is InChI=1S/C24H32FN3O3/c1-3-14(2)26-19-7-5-4-6-15(19)12-16-8-9-17-18(22(16)25)13-28(24(17)31)20-10-11-21(29)27-23(20)30/h8-9,14-15,19-20,26H,3-7,10-13H2,1-2H3,(H,27,29,30)/t14-,15+,19-,20?/m0/s1. The summed E-state index contributed by atoms with van der Waals surface area (Å²) >= 11 is 0. The first-order valence-electron chi connectivity index (χ1n) is 11.6. The number of carbonyl (C=O) groups excluding carboxylic acids is 3. The first-order chi connectivity index (χ1) is 14.9. The molecule has 0 aromatic heterocycles. The predicted molar refractivity (Wildman–Crippen MR) is 115 cm³/mol. The van der Waals surface area contributed by atoms with Crippen molar-refractivity contribution in [2.45, 2.75) is 89.9 Å². The number of nitrogens with one attached hydrogen (secondary N) is 2. The van der Waals surface area contributed by atoms with Gasteiger partial charge in [0.05, 0.1) is 6.54 Å². The Kier molecular flexibility index (Phi) is 6.42. The highest BCUT2D eigenvalue weighted by Crippen LogP contribution is 2.34. The van der Waals surface area contributed by atoms with E-state index in [-0.39, 0.29) is 37.0 Å². The number of piperidine rings is 1. The smallest absolute Gasteiger partial charge is 0.255 e. The molecule has 3 amide bonds. The Hall–Kier alpha value is -2.28. The highest BCUT2D eigenvalue weighted by Gasteiger charge is 2.40. The maximum Gasteiger partial charge on any atom is 0.255 e. The van der Waals surface area contributed by atoms with Crippen molar-refractivity contribution in [2.75, 3.05) is 0 Å². The van der Waals surface area contributed by atoms with Crippen LogP contribution in [-0.4, -0.2) is 40.7 Å². The van der Waals surface area contributed by atoms with E-state index in [2.05, 4.69) is 24.5 Å². The van der Waals surface area contributed by atoms with Crippen LogP contribution in [0.3, 0.4) is 0 Å². The summed E-state index contributed by atoms with van der Waals surface area (Å²) in [6.07, 6.45) is 6.74. The van der Waals surface area contributed by atoms with Crippen LogP contribution in [0.15, 0.2) is 12.1 Å². The molecule has 4 atom stereocenters. The van der Waals surface area contributed by atoms with Crippen LogP contribution in [0.25, 0.3) is 0 Å². The zero-order valence-corrected chi connectivity index (χ0v) is 18.4. The molecule has 0 bridgehead atoms. The Labute approximate surface area is 182 Å². The zero-order chi connectivity index (χ0) is 22.1. The number of hydrogen-bond donors (Lipinski definition) is 2. The summed E-state index contributed by atoms with van der Waals surface area (Å²) in [5, 5.41) is 6.01. The van der Waals surface area contributed by atoms with Gasteiger partial charge in [0.25, 0.3) is 5.91 Å². The van der Waals surface area contributed by atoms with E-state index in [1.54, 1.807) is 12.1 Å². The summed E-state index contributed by atoms with van der Waals surface area (Å²) in [7, 11) is 0. The Bertz CT molecular complexity index is 887. The zero-order valence-electron chi connectivity index (χ0n) is 18.4. The molecule has 0 spiro atoms. The van der Waals surface area contributed by atoms with Crippen LogP contribution in [0.2, 0.25) is 0 Å². The molecule has 2 N–H and O–H groups in total. The van der Waals surface area contributed by atoms with Crippen molar-refractivity contribution in [3.05, 3.63) is 34.6 Å². The number of nitrogens with zero attached hydrogens (tertiary/aromatic N) is 1. The van der Waals surface area contributed by atoms with Gasteiger partial charge < -0.3 is 10.2 Å². The molecular formula is C24H32FN3O3. The minimum Gasteiger partial charge on any atom is -0.322 e. The van der Waals surface area contributed by atoms with Crippen molar-refractivity contribution in [2.24, 2.45) is 5.92 Å². The average molecular weight is 430 g/mol. The van der Waals surface area contributed by atoms with Crippen LogP contribution in [0, 0.1) is 11.7 Å². The number of amides is 3. The lowest BCUT2D eigenvalue weighted by molar-refractivity contribution is -0.136. The van der Waals surface area contributed by atoms with Crippen molar-refractivity contribution in [3.63, 3.8) is 0 Å². The molecule has 1 aromatic carbocycles. The van der Waals surface area contributed by atoms with Crippen LogP contribution in [0.1, 0.15) is 80.3 Å². The van der Waals surface area contributed by atoms with E-state index in [0.717, 1.165) is 25.7 Å². The molecule has 3 aliphatic rings. The van der Waals surface area contributed by atoms with E-state index in [4.69, 9.17) is 0 Å². The highest BCUT2D eigenvalue weighted by molar-refractivity contribution is 6.05. The van der Waals surface area contributed by atoms with Gasteiger partial charge in [-0.25, -0.2) is 4.39 Å². The van der Waals surface area contributed by atoms with Crippen LogP contribution in [-0.2, 0) is 22.6 Å². The van der Waals surface area contributed by atoms with E-state index in [0.29, 0.717) is 41.1 Å². The van der Waals surface area contributed by atoms with E-state index in [9.17, 15) is 14.4 Å². The van der Waals surface area contributed by atoms with Gasteiger partial charge in [-0.05, 0) is 56.6 Å². The molecule has 1 aliphatic carbocycles. The molecule has 168 valence electrons. The molecular weight excluding hydrogens is 397 g/mol. The van der Waals surface area contributed by atoms with Gasteiger partial charge in [-0.3, -0.25) is 19.7 Å². The first-order valence-corrected chi connectivity index (χ1v) is 11.6. The predicted octanol–water partition coefficient (Wildman–Crippen LogP) is 3.08. The fourth-order valence-corrected chi connectivity index (χ4v) is 5.25. The quantitative estimate of drug-likeness (QED) is 0.682. The van der Waals surface area contributed by atoms with Gasteiger partial charge in [0, 0.05) is 29.6 Å². The van der Waals surface area contributed by atoms with Crippen molar-refractivity contribution >= 4 is 17.7 Å². The molecule has 2 fully saturated rings. The van der Waals surface area contributed by atoms with E-state index < -0.39 is 11.9 Å². The third-order valence-corrected chi connectivity index (χ3v) is 7.23. The number of fused-ring (bicyclic) bond motifs is 1. The monoisotopic (exact) mass is 429 g/mol. The third-order valence-electron chi connectivity index (χ3n) is 7.23. The minimum absolute atomic E-state index is 0.0827. The van der Waals surface area contributed by atoms with Crippen LogP contribution >= 0.6 is 0 Å². The Morgan fingerprint density at radius 2 is 1.97 bits per heavy atom. The van der Waals surface area contributed by atoms with E-state index in [1.807, 2.05) is 0 Å². The Morgan fingerprint density at radius 3 is 2.71 bits per heavy atom. The molecule has 1 unspecified atom stereocenters. The molecule has 0 radical (unpaired) electrons. The molecule has 31 heavy (non-hydrogen) atoms. The van der Waals surface area contributed by atoms with E-state index >= 15 is 4.39 Å². The lowest BCUT2D eigenvalue weighted by atomic mass is 9.80. The average Bonchev–Trinajstić information content (AvgIpc) is 3.08. The third kappa shape index (κ3) is 4.38. The molecule has 2 aliphatic heterocycles. The maximum atomic E-state index is 15.5. The molecule has 4 rings (SSSR count). The molecule has 2 heterocycles. The molecule has 1 saturated heterocycles. The van der Waals surface area contributed by atoms with Crippen LogP contribution in [0.5, 0.6) is 0 Å². The number of rotatable bonds is 6. The summed E-state index contributed by atoms with van der Waals surface area (Å²) < 4.78 is 15.5. The number of halogens is 1. The topological polar surface area (TPSA) is 78.5 Å². The van der Waals surface area contributed by atoms with Crippen molar-refractivity contribution in [1.29, 1.82) is 0 Å². The van der Waals surface area contributed by atoms with Gasteiger partial charge >= 0.3 is 0 Å². The number of benzene rings is 1. The Balaban J connectivity index is 1.51. The molecule has 1 aromatic rings. The number of imide groups is 1. The van der Waals surface area contributed by atoms with Crippen molar-refractivity contribution < 1.29 is 18.8 Å². The second-order valence-electron chi connectivity index (χ2n) is 9.30. The summed E-state index contributed by atoms with van der Waals surface area (Å²) in [6, 6.07) is 3.56. The van der Waals surface area contributed by atoms with Crippen molar-refractivity contribution in [3.8, 4) is 0 Å². The largest absolute Gasteiger partial charge is 0.322 e. The van der Waals surface area contributed by atoms with Crippen molar-refractivity contribution in [1.82, 2.24) is 15.5 Å². The minimum atomic E-state index is -0.720. The molecule has 6 nitrogen and oxygen atoms in total. The fraction of sp³-hybridized carbons (Fsp3) is 0.625. The normalized spacial score (nSPS) is 27.3. The lowest BCUT2D eigenvalue weighted by Crippen LogP contribution is -2.52. The summed E-state index contributed by atoms with van der Waals surface area (Å²) in [5.74, 6) is -1.07. The second-order valence-corrected chi connectivity index (χ2v) is 9.30. The molecule has 7 heteroatoms. The van der Waals surface area contributed by atoms with Gasteiger partial charge in [0.2, 0.25) is 11.8 Å². The summed E-state index contributed by atoms with van der Waals surface area (Å²) in [5.41, 5.74) is 1.37. The highest BCUT2D eigenvalue weighted by atomic mass is 19.1.